The largest absolute Gasteiger partial charge is 0.463 e. The maximum atomic E-state index is 13.5. The molecule has 2 N–H and O–H groups in total. The van der Waals surface area contributed by atoms with Gasteiger partial charge in [0.15, 0.2) is 0 Å². The molecule has 0 spiro atoms. The van der Waals surface area contributed by atoms with Crippen LogP contribution in [-0.2, 0) is 9.53 Å². The van der Waals surface area contributed by atoms with Crippen LogP contribution in [0.15, 0.2) is 58.9 Å². The first-order valence-electron chi connectivity index (χ1n) is 11.8. The van der Waals surface area contributed by atoms with Crippen LogP contribution in [0.25, 0.3) is 17.5 Å². The molecule has 1 aromatic heterocycles. The number of fused-ring (bicyclic) bond motifs is 1. The van der Waals surface area contributed by atoms with Crippen LogP contribution in [0.1, 0.15) is 24.0 Å². The molecule has 8 nitrogen and oxygen atoms in total. The SMILES string of the molecule is CCOC(=O)C1=c2s/c(=C\c3ccc(N(C)C)cc3)c(=O)n2C(N)=C(C#N)C1c1ccc(N(C)C)cc1. The predicted molar refractivity (Wildman–Crippen MR) is 149 cm³/mol. The number of nitrogens with zero attached hydrogens (tertiary/aromatic N) is 4. The summed E-state index contributed by atoms with van der Waals surface area (Å²) in [5.74, 6) is -1.32. The topological polar surface area (TPSA) is 105 Å². The number of nitriles is 1. The van der Waals surface area contributed by atoms with Crippen LogP contribution in [-0.4, -0.2) is 45.3 Å². The minimum absolute atomic E-state index is 0.0242. The van der Waals surface area contributed by atoms with Crippen LogP contribution in [0.5, 0.6) is 0 Å². The summed E-state index contributed by atoms with van der Waals surface area (Å²) in [4.78, 5) is 30.7. The van der Waals surface area contributed by atoms with E-state index in [4.69, 9.17) is 10.5 Å². The summed E-state index contributed by atoms with van der Waals surface area (Å²) in [6, 6.07) is 17.5. The molecular formula is C28H29N5O3S. The Hall–Kier alpha value is -4.29. The molecule has 0 radical (unpaired) electrons. The first-order chi connectivity index (χ1) is 17.7. The molecule has 1 aliphatic heterocycles. The number of esters is 1. The summed E-state index contributed by atoms with van der Waals surface area (Å²) in [5.41, 5.74) is 9.97. The van der Waals surface area contributed by atoms with Crippen LogP contribution in [0, 0.1) is 11.3 Å². The van der Waals surface area contributed by atoms with Crippen molar-refractivity contribution in [1.29, 1.82) is 5.26 Å². The molecule has 3 aromatic rings. The molecule has 0 saturated heterocycles. The molecule has 4 rings (SSSR count). The number of nitrogens with two attached hydrogens (primary N) is 1. The molecular weight excluding hydrogens is 486 g/mol. The third kappa shape index (κ3) is 4.76. The van der Waals surface area contributed by atoms with E-state index in [2.05, 4.69) is 6.07 Å². The van der Waals surface area contributed by atoms with Crippen LogP contribution in [0.2, 0.25) is 0 Å². The molecule has 37 heavy (non-hydrogen) atoms. The fourth-order valence-electron chi connectivity index (χ4n) is 4.27. The van der Waals surface area contributed by atoms with E-state index in [-0.39, 0.29) is 29.1 Å². The van der Waals surface area contributed by atoms with E-state index in [0.29, 0.717) is 14.8 Å². The molecule has 1 aliphatic rings. The summed E-state index contributed by atoms with van der Waals surface area (Å²) in [6.07, 6.45) is 1.76. The van der Waals surface area contributed by atoms with Crippen molar-refractivity contribution in [3.05, 3.63) is 84.8 Å². The van der Waals surface area contributed by atoms with Gasteiger partial charge in [0.1, 0.15) is 10.5 Å². The molecule has 0 saturated carbocycles. The third-order valence-corrected chi connectivity index (χ3v) is 7.32. The Labute approximate surface area is 219 Å². The molecule has 190 valence electrons. The van der Waals surface area contributed by atoms with Crippen LogP contribution >= 0.6 is 11.3 Å². The van der Waals surface area contributed by atoms with Crippen molar-refractivity contribution in [2.75, 3.05) is 44.6 Å². The minimum Gasteiger partial charge on any atom is -0.463 e. The van der Waals surface area contributed by atoms with Gasteiger partial charge in [0.2, 0.25) is 0 Å². The summed E-state index contributed by atoms with van der Waals surface area (Å²) in [7, 11) is 7.77. The number of carbonyl (C=O) groups excluding carboxylic acids is 1. The van der Waals surface area contributed by atoms with Crippen molar-refractivity contribution in [2.24, 2.45) is 5.73 Å². The number of hydrogen-bond donors (Lipinski definition) is 1. The van der Waals surface area contributed by atoms with Gasteiger partial charge in [-0.3, -0.25) is 9.36 Å². The Kier molecular flexibility index (Phi) is 7.23. The van der Waals surface area contributed by atoms with E-state index in [1.54, 1.807) is 13.0 Å². The van der Waals surface area contributed by atoms with E-state index in [1.807, 2.05) is 86.5 Å². The molecule has 0 amide bonds. The number of carbonyl (C=O) groups is 1. The van der Waals surface area contributed by atoms with Gasteiger partial charge in [-0.2, -0.15) is 5.26 Å². The Morgan fingerprint density at radius 3 is 2.16 bits per heavy atom. The van der Waals surface area contributed by atoms with Gasteiger partial charge in [0.25, 0.3) is 5.56 Å². The average molecular weight is 516 g/mol. The predicted octanol–water partition coefficient (Wildman–Crippen LogP) is 2.03. The number of rotatable bonds is 6. The lowest BCUT2D eigenvalue weighted by Gasteiger charge is -2.25. The van der Waals surface area contributed by atoms with Gasteiger partial charge in [0.05, 0.1) is 34.3 Å². The summed E-state index contributed by atoms with van der Waals surface area (Å²) >= 11 is 1.17. The fraction of sp³-hybridized carbons (Fsp3) is 0.250. The van der Waals surface area contributed by atoms with Gasteiger partial charge in [-0.15, -0.1) is 11.3 Å². The number of allylic oxidation sites excluding steroid dienone is 1. The third-order valence-electron chi connectivity index (χ3n) is 6.21. The molecule has 2 aromatic carbocycles. The minimum atomic E-state index is -0.759. The van der Waals surface area contributed by atoms with Crippen molar-refractivity contribution in [1.82, 2.24) is 4.57 Å². The molecule has 0 aliphatic carbocycles. The van der Waals surface area contributed by atoms with Crippen molar-refractivity contribution in [3.63, 3.8) is 0 Å². The zero-order valence-corrected chi connectivity index (χ0v) is 22.3. The van der Waals surface area contributed by atoms with E-state index >= 15 is 0 Å². The first kappa shape index (κ1) is 25.8. The van der Waals surface area contributed by atoms with Crippen LogP contribution < -0.4 is 30.3 Å². The molecule has 0 fully saturated rings. The number of thiazole rings is 1. The molecule has 1 unspecified atom stereocenters. The molecule has 1 atom stereocenters. The van der Waals surface area contributed by atoms with Gasteiger partial charge in [-0.05, 0) is 48.4 Å². The second kappa shape index (κ2) is 10.4. The Morgan fingerprint density at radius 2 is 1.65 bits per heavy atom. The number of benzene rings is 2. The zero-order valence-electron chi connectivity index (χ0n) is 21.5. The van der Waals surface area contributed by atoms with Crippen molar-refractivity contribution in [2.45, 2.75) is 12.8 Å². The lowest BCUT2D eigenvalue weighted by Crippen LogP contribution is -2.40. The first-order valence-corrected chi connectivity index (χ1v) is 12.6. The van der Waals surface area contributed by atoms with Crippen molar-refractivity contribution >= 4 is 46.2 Å². The quantitative estimate of drug-likeness (QED) is 0.501. The normalized spacial score (nSPS) is 15.3. The highest BCUT2D eigenvalue weighted by molar-refractivity contribution is 7.07. The molecule has 9 heteroatoms. The zero-order chi connectivity index (χ0) is 26.9. The standard InChI is InChI=1S/C28H29N5O3S/c1-6-36-28(35)24-23(18-9-13-20(14-10-18)32(4)5)21(16-29)25(30)33-26(34)22(37-27(24)33)15-17-7-11-19(12-8-17)31(2)3/h7-15,23H,6,30H2,1-5H3/b22-15-. The monoisotopic (exact) mass is 515 g/mol. The lowest BCUT2D eigenvalue weighted by atomic mass is 9.84. The Balaban J connectivity index is 2.00. The number of ether oxygens (including phenoxy) is 1. The maximum Gasteiger partial charge on any atom is 0.338 e. The van der Waals surface area contributed by atoms with Gasteiger partial charge in [-0.25, -0.2) is 4.79 Å². The Bertz CT molecular complexity index is 1590. The van der Waals surface area contributed by atoms with Crippen molar-refractivity contribution < 1.29 is 9.53 Å². The van der Waals surface area contributed by atoms with E-state index in [0.717, 1.165) is 16.9 Å². The smallest absolute Gasteiger partial charge is 0.338 e. The second-order valence-electron chi connectivity index (χ2n) is 9.01. The van der Waals surface area contributed by atoms with Crippen LogP contribution in [0.4, 0.5) is 11.4 Å². The van der Waals surface area contributed by atoms with Gasteiger partial charge >= 0.3 is 5.97 Å². The van der Waals surface area contributed by atoms with E-state index < -0.39 is 11.9 Å². The average Bonchev–Trinajstić information content (AvgIpc) is 3.20. The highest BCUT2D eigenvalue weighted by atomic mass is 32.1. The molecule has 2 heterocycles. The number of hydrogen-bond acceptors (Lipinski definition) is 8. The van der Waals surface area contributed by atoms with Crippen molar-refractivity contribution in [3.8, 4) is 6.07 Å². The van der Waals surface area contributed by atoms with E-state index in [1.165, 1.54) is 15.9 Å². The van der Waals surface area contributed by atoms with E-state index in [9.17, 15) is 14.9 Å². The highest BCUT2D eigenvalue weighted by Crippen LogP contribution is 2.37. The van der Waals surface area contributed by atoms with Gasteiger partial charge in [0, 0.05) is 39.6 Å². The summed E-state index contributed by atoms with van der Waals surface area (Å²) in [6.45, 7) is 1.87. The Morgan fingerprint density at radius 1 is 1.08 bits per heavy atom. The second-order valence-corrected chi connectivity index (χ2v) is 10.0. The van der Waals surface area contributed by atoms with Gasteiger partial charge < -0.3 is 20.3 Å². The maximum absolute atomic E-state index is 13.5. The lowest BCUT2D eigenvalue weighted by molar-refractivity contribution is -0.136. The fourth-order valence-corrected chi connectivity index (χ4v) is 5.44. The number of anilines is 2. The summed E-state index contributed by atoms with van der Waals surface area (Å²) < 4.78 is 7.44. The number of aromatic nitrogens is 1. The summed E-state index contributed by atoms with van der Waals surface area (Å²) in [5, 5.41) is 10.1. The van der Waals surface area contributed by atoms with Gasteiger partial charge in [-0.1, -0.05) is 24.3 Å². The van der Waals surface area contributed by atoms with Crippen LogP contribution in [0.3, 0.4) is 0 Å². The molecule has 0 bridgehead atoms. The highest BCUT2D eigenvalue weighted by Gasteiger charge is 2.36.